The number of halogens is 2. The van der Waals surface area contributed by atoms with Crippen LogP contribution in [0.15, 0.2) is 82.2 Å². The van der Waals surface area contributed by atoms with E-state index in [9.17, 15) is 17.6 Å². The van der Waals surface area contributed by atoms with Crippen LogP contribution in [-0.4, -0.2) is 14.3 Å². The number of carbonyl (C=O) groups is 1. The van der Waals surface area contributed by atoms with Crippen molar-refractivity contribution in [2.45, 2.75) is 4.90 Å². The molecule has 0 atom stereocenters. The topological polar surface area (TPSA) is 75.3 Å². The van der Waals surface area contributed by atoms with Crippen molar-refractivity contribution in [1.82, 2.24) is 0 Å². The first-order chi connectivity index (χ1) is 12.8. The van der Waals surface area contributed by atoms with Crippen LogP contribution < -0.4 is 10.0 Å². The molecule has 0 saturated heterocycles. The molecule has 1 amide bonds. The van der Waals surface area contributed by atoms with E-state index in [1.807, 2.05) is 0 Å². The van der Waals surface area contributed by atoms with Crippen molar-refractivity contribution in [2.24, 2.45) is 0 Å². The van der Waals surface area contributed by atoms with E-state index in [0.717, 1.165) is 4.47 Å². The van der Waals surface area contributed by atoms with Crippen LogP contribution in [0.5, 0.6) is 0 Å². The van der Waals surface area contributed by atoms with E-state index in [2.05, 4.69) is 26.0 Å². The van der Waals surface area contributed by atoms with Gasteiger partial charge in [-0.05, 0) is 60.7 Å². The summed E-state index contributed by atoms with van der Waals surface area (Å²) in [6.45, 7) is 0. The minimum absolute atomic E-state index is 0.0689. The van der Waals surface area contributed by atoms with Gasteiger partial charge >= 0.3 is 0 Å². The van der Waals surface area contributed by atoms with Crippen molar-refractivity contribution in [1.29, 1.82) is 0 Å². The third-order valence-corrected chi connectivity index (χ3v) is 5.55. The molecule has 27 heavy (non-hydrogen) atoms. The van der Waals surface area contributed by atoms with Crippen molar-refractivity contribution in [3.8, 4) is 0 Å². The lowest BCUT2D eigenvalue weighted by molar-refractivity contribution is 0.102. The van der Waals surface area contributed by atoms with Gasteiger partial charge in [0.25, 0.3) is 15.9 Å². The summed E-state index contributed by atoms with van der Waals surface area (Å²) < 4.78 is 41.3. The minimum Gasteiger partial charge on any atom is -0.322 e. The van der Waals surface area contributed by atoms with Gasteiger partial charge in [0.05, 0.1) is 16.1 Å². The molecule has 0 bridgehead atoms. The molecule has 0 radical (unpaired) electrons. The molecular formula is C19H14BrFN2O3S. The number of hydrogen-bond acceptors (Lipinski definition) is 3. The summed E-state index contributed by atoms with van der Waals surface area (Å²) in [6.07, 6.45) is 0. The Balaban J connectivity index is 1.86. The first kappa shape index (κ1) is 19.1. The summed E-state index contributed by atoms with van der Waals surface area (Å²) in [7, 11) is -3.87. The van der Waals surface area contributed by atoms with Gasteiger partial charge in [-0.15, -0.1) is 0 Å². The standard InChI is InChI=1S/C19H14BrFN2O3S/c20-13-5-11-16(12-6-13)27(25,26)23-18-4-2-1-3-17(18)19(24)22-15-9-7-14(21)8-10-15/h1-12,23H,(H,22,24). The van der Waals surface area contributed by atoms with Gasteiger partial charge in [-0.2, -0.15) is 0 Å². The van der Waals surface area contributed by atoms with Crippen LogP contribution in [0, 0.1) is 5.82 Å². The van der Waals surface area contributed by atoms with Crippen LogP contribution in [0.4, 0.5) is 15.8 Å². The maximum Gasteiger partial charge on any atom is 0.261 e. The predicted molar refractivity (Wildman–Crippen MR) is 106 cm³/mol. The lowest BCUT2D eigenvalue weighted by Crippen LogP contribution is -2.18. The van der Waals surface area contributed by atoms with E-state index in [1.54, 1.807) is 24.3 Å². The molecule has 0 aliphatic carbocycles. The summed E-state index contributed by atoms with van der Waals surface area (Å²) >= 11 is 3.25. The smallest absolute Gasteiger partial charge is 0.261 e. The zero-order valence-corrected chi connectivity index (χ0v) is 16.2. The maximum absolute atomic E-state index is 13.0. The molecule has 8 heteroatoms. The van der Waals surface area contributed by atoms with Gasteiger partial charge in [-0.3, -0.25) is 9.52 Å². The third-order valence-electron chi connectivity index (χ3n) is 3.64. The average molecular weight is 449 g/mol. The quantitative estimate of drug-likeness (QED) is 0.596. The second kappa shape index (κ2) is 7.89. The molecule has 3 rings (SSSR count). The molecule has 0 fully saturated rings. The fraction of sp³-hybridized carbons (Fsp3) is 0. The van der Waals surface area contributed by atoms with E-state index >= 15 is 0 Å². The molecule has 0 spiro atoms. The lowest BCUT2D eigenvalue weighted by Gasteiger charge is -2.13. The van der Waals surface area contributed by atoms with Gasteiger partial charge < -0.3 is 5.32 Å². The molecule has 3 aromatic rings. The molecule has 0 aliphatic rings. The monoisotopic (exact) mass is 448 g/mol. The van der Waals surface area contributed by atoms with E-state index < -0.39 is 21.7 Å². The molecule has 5 nitrogen and oxygen atoms in total. The fourth-order valence-electron chi connectivity index (χ4n) is 2.32. The van der Waals surface area contributed by atoms with E-state index in [4.69, 9.17) is 0 Å². The molecule has 0 saturated carbocycles. The summed E-state index contributed by atoms with van der Waals surface area (Å²) in [5.41, 5.74) is 0.675. The minimum atomic E-state index is -3.87. The van der Waals surface area contributed by atoms with Gasteiger partial charge in [0, 0.05) is 10.2 Å². The highest BCUT2D eigenvalue weighted by atomic mass is 79.9. The fourth-order valence-corrected chi connectivity index (χ4v) is 3.66. The van der Waals surface area contributed by atoms with Crippen LogP contribution in [0.1, 0.15) is 10.4 Å². The maximum atomic E-state index is 13.0. The van der Waals surface area contributed by atoms with Crippen molar-refractivity contribution in [2.75, 3.05) is 10.0 Å². The Morgan fingerprint density at radius 1 is 0.889 bits per heavy atom. The van der Waals surface area contributed by atoms with Crippen molar-refractivity contribution < 1.29 is 17.6 Å². The summed E-state index contributed by atoms with van der Waals surface area (Å²) in [4.78, 5) is 12.6. The Morgan fingerprint density at radius 2 is 1.52 bits per heavy atom. The zero-order chi connectivity index (χ0) is 19.4. The van der Waals surface area contributed by atoms with Crippen LogP contribution in [-0.2, 0) is 10.0 Å². The molecule has 138 valence electrons. The van der Waals surface area contributed by atoms with Crippen molar-refractivity contribution in [3.05, 3.63) is 88.6 Å². The van der Waals surface area contributed by atoms with Crippen LogP contribution >= 0.6 is 15.9 Å². The van der Waals surface area contributed by atoms with Crippen LogP contribution in [0.3, 0.4) is 0 Å². The second-order valence-electron chi connectivity index (χ2n) is 5.57. The van der Waals surface area contributed by atoms with Gasteiger partial charge in [0.1, 0.15) is 5.82 Å². The number of carbonyl (C=O) groups excluding carboxylic acids is 1. The Bertz CT molecular complexity index is 1070. The van der Waals surface area contributed by atoms with Crippen LogP contribution in [0.2, 0.25) is 0 Å². The first-order valence-electron chi connectivity index (χ1n) is 7.79. The molecule has 0 aromatic heterocycles. The molecule has 2 N–H and O–H groups in total. The van der Waals surface area contributed by atoms with E-state index in [0.29, 0.717) is 5.69 Å². The highest BCUT2D eigenvalue weighted by Crippen LogP contribution is 2.22. The summed E-state index contributed by atoms with van der Waals surface area (Å²) in [5, 5.41) is 2.61. The highest BCUT2D eigenvalue weighted by molar-refractivity contribution is 9.10. The molecule has 0 unspecified atom stereocenters. The van der Waals surface area contributed by atoms with E-state index in [1.165, 1.54) is 48.5 Å². The SMILES string of the molecule is O=C(Nc1ccc(F)cc1)c1ccccc1NS(=O)(=O)c1ccc(Br)cc1. The Hall–Kier alpha value is -2.71. The largest absolute Gasteiger partial charge is 0.322 e. The third kappa shape index (κ3) is 4.72. The Morgan fingerprint density at radius 3 is 2.19 bits per heavy atom. The second-order valence-corrected chi connectivity index (χ2v) is 8.16. The highest BCUT2D eigenvalue weighted by Gasteiger charge is 2.18. The molecule has 0 aliphatic heterocycles. The predicted octanol–water partition coefficient (Wildman–Crippen LogP) is 4.64. The number of benzene rings is 3. The van der Waals surface area contributed by atoms with Crippen molar-refractivity contribution >= 4 is 43.2 Å². The Labute approximate surface area is 164 Å². The van der Waals surface area contributed by atoms with Gasteiger partial charge in [-0.1, -0.05) is 28.1 Å². The van der Waals surface area contributed by atoms with Crippen LogP contribution in [0.25, 0.3) is 0 Å². The number of hydrogen-bond donors (Lipinski definition) is 2. The molecule has 0 heterocycles. The number of rotatable bonds is 5. The zero-order valence-electron chi connectivity index (χ0n) is 13.8. The summed E-state index contributed by atoms with van der Waals surface area (Å²) in [5.74, 6) is -0.939. The van der Waals surface area contributed by atoms with Gasteiger partial charge in [0.15, 0.2) is 0 Å². The Kier molecular flexibility index (Phi) is 5.57. The van der Waals surface area contributed by atoms with Gasteiger partial charge in [0.2, 0.25) is 0 Å². The van der Waals surface area contributed by atoms with Crippen molar-refractivity contribution in [3.63, 3.8) is 0 Å². The number of para-hydroxylation sites is 1. The molecular weight excluding hydrogens is 435 g/mol. The number of amides is 1. The van der Waals surface area contributed by atoms with E-state index in [-0.39, 0.29) is 16.1 Å². The first-order valence-corrected chi connectivity index (χ1v) is 10.1. The number of anilines is 2. The van der Waals surface area contributed by atoms with Gasteiger partial charge in [-0.25, -0.2) is 12.8 Å². The lowest BCUT2D eigenvalue weighted by atomic mass is 10.1. The number of nitrogens with one attached hydrogen (secondary N) is 2. The normalized spacial score (nSPS) is 11.0. The summed E-state index contributed by atoms with van der Waals surface area (Å²) in [6, 6.07) is 17.6. The molecule has 3 aromatic carbocycles. The average Bonchev–Trinajstić information content (AvgIpc) is 2.64. The number of sulfonamides is 1.